The minimum Gasteiger partial charge on any atom is -0.380 e. The first-order chi connectivity index (χ1) is 9.60. The lowest BCUT2D eigenvalue weighted by Gasteiger charge is -2.20. The van der Waals surface area contributed by atoms with Gasteiger partial charge in [0, 0.05) is 19.5 Å². The zero-order valence-corrected chi connectivity index (χ0v) is 15.9. The van der Waals surface area contributed by atoms with Crippen molar-refractivity contribution in [2.75, 3.05) is 5.32 Å². The van der Waals surface area contributed by atoms with Crippen LogP contribution in [-0.4, -0.2) is 6.04 Å². The standard InChI is InChI=1S/C16H16Br3N/c1-2-13(8-11-6-4-3-5-7-11)20-16-14(18)9-12(17)10-15(16)19/h3-7,9-10,13,20H,2,8H2,1H3. The predicted molar refractivity (Wildman–Crippen MR) is 97.4 cm³/mol. The van der Waals surface area contributed by atoms with Gasteiger partial charge in [-0.25, -0.2) is 0 Å². The Hall–Kier alpha value is -0.320. The van der Waals surface area contributed by atoms with E-state index in [0.29, 0.717) is 6.04 Å². The maximum absolute atomic E-state index is 3.63. The van der Waals surface area contributed by atoms with Crippen molar-refractivity contribution in [3.05, 3.63) is 61.4 Å². The van der Waals surface area contributed by atoms with Crippen molar-refractivity contribution in [2.45, 2.75) is 25.8 Å². The van der Waals surface area contributed by atoms with Crippen molar-refractivity contribution in [3.8, 4) is 0 Å². The topological polar surface area (TPSA) is 12.0 Å². The summed E-state index contributed by atoms with van der Waals surface area (Å²) in [5.74, 6) is 0. The number of hydrogen-bond donors (Lipinski definition) is 1. The lowest BCUT2D eigenvalue weighted by atomic mass is 10.0. The van der Waals surface area contributed by atoms with E-state index < -0.39 is 0 Å². The van der Waals surface area contributed by atoms with E-state index in [1.807, 2.05) is 0 Å². The second-order valence-electron chi connectivity index (χ2n) is 4.68. The summed E-state index contributed by atoms with van der Waals surface area (Å²) in [5.41, 5.74) is 2.46. The molecule has 0 aliphatic heterocycles. The van der Waals surface area contributed by atoms with Crippen LogP contribution in [0.5, 0.6) is 0 Å². The molecule has 0 aliphatic rings. The molecule has 0 aromatic heterocycles. The van der Waals surface area contributed by atoms with Crippen LogP contribution >= 0.6 is 47.8 Å². The molecule has 0 radical (unpaired) electrons. The molecule has 2 rings (SSSR count). The van der Waals surface area contributed by atoms with Crippen LogP contribution in [0.1, 0.15) is 18.9 Å². The molecular formula is C16H16Br3N. The van der Waals surface area contributed by atoms with E-state index in [-0.39, 0.29) is 0 Å². The molecule has 4 heteroatoms. The molecule has 0 spiro atoms. The van der Waals surface area contributed by atoms with Crippen molar-refractivity contribution < 1.29 is 0 Å². The smallest absolute Gasteiger partial charge is 0.0632 e. The fraction of sp³-hybridized carbons (Fsp3) is 0.250. The van der Waals surface area contributed by atoms with E-state index in [1.54, 1.807) is 0 Å². The Morgan fingerprint density at radius 3 is 2.15 bits per heavy atom. The highest BCUT2D eigenvalue weighted by molar-refractivity contribution is 9.11. The number of hydrogen-bond acceptors (Lipinski definition) is 1. The Balaban J connectivity index is 2.15. The monoisotopic (exact) mass is 459 g/mol. The fourth-order valence-corrected chi connectivity index (χ4v) is 4.57. The van der Waals surface area contributed by atoms with Gasteiger partial charge in [0.1, 0.15) is 0 Å². The molecular weight excluding hydrogens is 446 g/mol. The van der Waals surface area contributed by atoms with Crippen LogP contribution in [0.25, 0.3) is 0 Å². The van der Waals surface area contributed by atoms with Crippen LogP contribution < -0.4 is 5.32 Å². The molecule has 1 unspecified atom stereocenters. The molecule has 0 bridgehead atoms. The molecule has 106 valence electrons. The molecule has 0 saturated heterocycles. The Bertz CT molecular complexity index is 546. The van der Waals surface area contributed by atoms with E-state index >= 15 is 0 Å². The highest BCUT2D eigenvalue weighted by Gasteiger charge is 2.12. The molecule has 1 nitrogen and oxygen atoms in total. The summed E-state index contributed by atoms with van der Waals surface area (Å²) in [6, 6.07) is 15.1. The third-order valence-electron chi connectivity index (χ3n) is 3.17. The quantitative estimate of drug-likeness (QED) is 0.542. The average Bonchev–Trinajstić information content (AvgIpc) is 2.42. The molecule has 2 aromatic carbocycles. The van der Waals surface area contributed by atoms with E-state index in [0.717, 1.165) is 31.9 Å². The van der Waals surface area contributed by atoms with Crippen LogP contribution in [0, 0.1) is 0 Å². The highest BCUT2D eigenvalue weighted by Crippen LogP contribution is 2.35. The second-order valence-corrected chi connectivity index (χ2v) is 7.31. The SMILES string of the molecule is CCC(Cc1ccccc1)Nc1c(Br)cc(Br)cc1Br. The lowest BCUT2D eigenvalue weighted by molar-refractivity contribution is 0.689. The first kappa shape index (κ1) is 16.1. The van der Waals surface area contributed by atoms with Gasteiger partial charge in [-0.2, -0.15) is 0 Å². The Labute approximate surface area is 145 Å². The Morgan fingerprint density at radius 1 is 1.00 bits per heavy atom. The lowest BCUT2D eigenvalue weighted by Crippen LogP contribution is -2.21. The predicted octanol–water partition coefficient (Wildman–Crippen LogP) is 6.41. The molecule has 0 amide bonds. The minimum absolute atomic E-state index is 0.408. The van der Waals surface area contributed by atoms with Crippen molar-refractivity contribution in [3.63, 3.8) is 0 Å². The first-order valence-corrected chi connectivity index (χ1v) is 8.93. The third kappa shape index (κ3) is 4.34. The van der Waals surface area contributed by atoms with E-state index in [4.69, 9.17) is 0 Å². The van der Waals surface area contributed by atoms with Gasteiger partial charge >= 0.3 is 0 Å². The maximum atomic E-state index is 3.63. The van der Waals surface area contributed by atoms with Gasteiger partial charge in [-0.15, -0.1) is 0 Å². The Morgan fingerprint density at radius 2 is 1.60 bits per heavy atom. The fourth-order valence-electron chi connectivity index (χ4n) is 2.08. The number of rotatable bonds is 5. The molecule has 1 N–H and O–H groups in total. The van der Waals surface area contributed by atoms with Crippen LogP contribution in [-0.2, 0) is 6.42 Å². The summed E-state index contributed by atoms with van der Waals surface area (Å²) in [7, 11) is 0. The zero-order valence-electron chi connectivity index (χ0n) is 11.2. The number of benzene rings is 2. The van der Waals surface area contributed by atoms with E-state index in [2.05, 4.69) is 102 Å². The number of nitrogens with one attached hydrogen (secondary N) is 1. The molecule has 0 saturated carbocycles. The number of halogens is 3. The zero-order chi connectivity index (χ0) is 14.5. The van der Waals surface area contributed by atoms with Gasteiger partial charge in [0.05, 0.1) is 5.69 Å². The van der Waals surface area contributed by atoms with Gasteiger partial charge in [-0.3, -0.25) is 0 Å². The van der Waals surface area contributed by atoms with Gasteiger partial charge in [0.25, 0.3) is 0 Å². The maximum Gasteiger partial charge on any atom is 0.0632 e. The van der Waals surface area contributed by atoms with Gasteiger partial charge < -0.3 is 5.32 Å². The summed E-state index contributed by atoms with van der Waals surface area (Å²) in [4.78, 5) is 0. The van der Waals surface area contributed by atoms with Crippen LogP contribution in [0.3, 0.4) is 0 Å². The molecule has 1 atom stereocenters. The Kier molecular flexibility index (Phi) is 6.12. The largest absolute Gasteiger partial charge is 0.380 e. The molecule has 0 fully saturated rings. The second kappa shape index (κ2) is 7.62. The van der Waals surface area contributed by atoms with Crippen LogP contribution in [0.2, 0.25) is 0 Å². The van der Waals surface area contributed by atoms with Crippen molar-refractivity contribution in [1.82, 2.24) is 0 Å². The minimum atomic E-state index is 0.408. The van der Waals surface area contributed by atoms with Crippen molar-refractivity contribution >= 4 is 53.5 Å². The summed E-state index contributed by atoms with van der Waals surface area (Å²) < 4.78 is 3.17. The molecule has 0 aliphatic carbocycles. The average molecular weight is 462 g/mol. The van der Waals surface area contributed by atoms with E-state index in [1.165, 1.54) is 5.56 Å². The van der Waals surface area contributed by atoms with Crippen LogP contribution in [0.4, 0.5) is 5.69 Å². The van der Waals surface area contributed by atoms with E-state index in [9.17, 15) is 0 Å². The van der Waals surface area contributed by atoms with Gasteiger partial charge in [-0.1, -0.05) is 53.2 Å². The summed E-state index contributed by atoms with van der Waals surface area (Å²) in [6.07, 6.45) is 2.09. The summed E-state index contributed by atoms with van der Waals surface area (Å²) in [5, 5.41) is 3.63. The normalized spacial score (nSPS) is 12.2. The highest BCUT2D eigenvalue weighted by atomic mass is 79.9. The summed E-state index contributed by atoms with van der Waals surface area (Å²) in [6.45, 7) is 2.21. The molecule has 0 heterocycles. The summed E-state index contributed by atoms with van der Waals surface area (Å²) >= 11 is 10.7. The van der Waals surface area contributed by atoms with Gasteiger partial charge in [0.2, 0.25) is 0 Å². The number of anilines is 1. The van der Waals surface area contributed by atoms with Crippen molar-refractivity contribution in [1.29, 1.82) is 0 Å². The van der Waals surface area contributed by atoms with Crippen molar-refractivity contribution in [2.24, 2.45) is 0 Å². The van der Waals surface area contributed by atoms with Gasteiger partial charge in [-0.05, 0) is 62.4 Å². The van der Waals surface area contributed by atoms with Crippen LogP contribution in [0.15, 0.2) is 55.9 Å². The third-order valence-corrected chi connectivity index (χ3v) is 4.88. The first-order valence-electron chi connectivity index (χ1n) is 6.55. The molecule has 2 aromatic rings. The molecule has 20 heavy (non-hydrogen) atoms. The van der Waals surface area contributed by atoms with Gasteiger partial charge in [0.15, 0.2) is 0 Å².